The number of nitrogens with one attached hydrogen (secondary N) is 1. The molecule has 1 aliphatic heterocycles. The van der Waals surface area contributed by atoms with E-state index < -0.39 is 0 Å². The maximum absolute atomic E-state index is 13.0. The number of benzene rings is 1. The first kappa shape index (κ1) is 17.1. The van der Waals surface area contributed by atoms with Crippen LogP contribution in [0.15, 0.2) is 35.8 Å². The molecule has 128 valence electrons. The van der Waals surface area contributed by atoms with Crippen LogP contribution < -0.4 is 5.32 Å². The predicted molar refractivity (Wildman–Crippen MR) is 96.1 cm³/mol. The molecule has 0 spiro atoms. The molecule has 0 aliphatic carbocycles. The fourth-order valence-corrected chi connectivity index (χ4v) is 3.89. The highest BCUT2D eigenvalue weighted by Gasteiger charge is 2.31. The van der Waals surface area contributed by atoms with E-state index in [1.807, 2.05) is 37.3 Å². The van der Waals surface area contributed by atoms with Gasteiger partial charge in [0, 0.05) is 13.1 Å². The van der Waals surface area contributed by atoms with Gasteiger partial charge < -0.3 is 10.4 Å². The normalized spacial score (nSPS) is 17.6. The van der Waals surface area contributed by atoms with E-state index >= 15 is 0 Å². The minimum Gasteiger partial charge on any atom is -0.393 e. The number of amides is 1. The summed E-state index contributed by atoms with van der Waals surface area (Å²) in [4.78, 5) is 19.5. The van der Waals surface area contributed by atoms with Gasteiger partial charge in [-0.3, -0.25) is 9.69 Å². The highest BCUT2D eigenvalue weighted by molar-refractivity contribution is 7.14. The van der Waals surface area contributed by atoms with Crippen LogP contribution in [0.2, 0.25) is 0 Å². The number of aliphatic hydroxyl groups excluding tert-OH is 1. The van der Waals surface area contributed by atoms with Gasteiger partial charge in [0.1, 0.15) is 11.0 Å². The maximum atomic E-state index is 13.0. The minimum absolute atomic E-state index is 0.0310. The number of aromatic nitrogens is 1. The second-order valence-electron chi connectivity index (χ2n) is 6.05. The summed E-state index contributed by atoms with van der Waals surface area (Å²) < 4.78 is 0. The van der Waals surface area contributed by atoms with E-state index in [1.54, 1.807) is 5.51 Å². The Balaban J connectivity index is 1.82. The fourth-order valence-electron chi connectivity index (χ4n) is 3.11. The maximum Gasteiger partial charge on any atom is 0.246 e. The van der Waals surface area contributed by atoms with E-state index in [-0.39, 0.29) is 18.1 Å². The number of hydrogen-bond acceptors (Lipinski definition) is 5. The Morgan fingerprint density at radius 1 is 1.38 bits per heavy atom. The van der Waals surface area contributed by atoms with Gasteiger partial charge in [0.05, 0.1) is 17.3 Å². The fraction of sp³-hybridized carbons (Fsp3) is 0.444. The SMILES string of the molecule is CCc1ncsc1NC(=O)[C@H](c1ccccc1)N1CCC(O)CC1. The van der Waals surface area contributed by atoms with Crippen molar-refractivity contribution in [2.45, 2.75) is 38.3 Å². The number of aryl methyl sites for hydroxylation is 1. The molecule has 0 unspecified atom stereocenters. The third-order valence-electron chi connectivity index (χ3n) is 4.44. The van der Waals surface area contributed by atoms with Crippen LogP contribution in [0, 0.1) is 0 Å². The van der Waals surface area contributed by atoms with Crippen molar-refractivity contribution in [1.29, 1.82) is 0 Å². The predicted octanol–water partition coefficient (Wildman–Crippen LogP) is 2.84. The van der Waals surface area contributed by atoms with Crippen molar-refractivity contribution in [2.75, 3.05) is 18.4 Å². The molecule has 1 saturated heterocycles. The highest BCUT2D eigenvalue weighted by atomic mass is 32.1. The van der Waals surface area contributed by atoms with Crippen molar-refractivity contribution in [3.8, 4) is 0 Å². The smallest absolute Gasteiger partial charge is 0.246 e. The highest BCUT2D eigenvalue weighted by Crippen LogP contribution is 2.28. The average molecular weight is 345 g/mol. The average Bonchev–Trinajstić information content (AvgIpc) is 3.05. The number of rotatable bonds is 5. The van der Waals surface area contributed by atoms with Gasteiger partial charge in [-0.05, 0) is 24.8 Å². The largest absolute Gasteiger partial charge is 0.393 e. The lowest BCUT2D eigenvalue weighted by molar-refractivity contribution is -0.122. The molecule has 0 radical (unpaired) electrons. The molecule has 1 aromatic carbocycles. The van der Waals surface area contributed by atoms with Crippen LogP contribution in [0.25, 0.3) is 0 Å². The van der Waals surface area contributed by atoms with Crippen molar-refractivity contribution in [3.63, 3.8) is 0 Å². The molecule has 6 heteroatoms. The van der Waals surface area contributed by atoms with Crippen LogP contribution in [0.3, 0.4) is 0 Å². The molecule has 3 rings (SSSR count). The Hall–Kier alpha value is -1.76. The van der Waals surface area contributed by atoms with Gasteiger partial charge in [-0.1, -0.05) is 37.3 Å². The standard InChI is InChI=1S/C18H23N3O2S/c1-2-15-18(24-12-19-15)20-17(23)16(13-6-4-3-5-7-13)21-10-8-14(22)9-11-21/h3-7,12,14,16,22H,2,8-11H2,1H3,(H,20,23)/t16-/m0/s1. The van der Waals surface area contributed by atoms with E-state index in [9.17, 15) is 9.90 Å². The van der Waals surface area contributed by atoms with Crippen molar-refractivity contribution in [3.05, 3.63) is 47.1 Å². The minimum atomic E-state index is -0.342. The van der Waals surface area contributed by atoms with Crippen molar-refractivity contribution in [2.24, 2.45) is 0 Å². The van der Waals surface area contributed by atoms with Crippen LogP contribution in [0.1, 0.15) is 37.1 Å². The topological polar surface area (TPSA) is 65.5 Å². The molecular weight excluding hydrogens is 322 g/mol. The van der Waals surface area contributed by atoms with E-state index in [4.69, 9.17) is 0 Å². The summed E-state index contributed by atoms with van der Waals surface area (Å²) in [5.74, 6) is -0.0310. The molecule has 1 fully saturated rings. The Bertz CT molecular complexity index is 666. The molecule has 2 N–H and O–H groups in total. The van der Waals surface area contributed by atoms with Crippen LogP contribution in [0.4, 0.5) is 5.00 Å². The molecular formula is C18H23N3O2S. The zero-order valence-electron chi connectivity index (χ0n) is 13.8. The quantitative estimate of drug-likeness (QED) is 0.874. The number of thiazole rings is 1. The van der Waals surface area contributed by atoms with Gasteiger partial charge in [-0.15, -0.1) is 11.3 Å². The Kier molecular flexibility index (Phi) is 5.60. The molecule has 2 aromatic rings. The number of hydrogen-bond donors (Lipinski definition) is 2. The van der Waals surface area contributed by atoms with Gasteiger partial charge in [-0.2, -0.15) is 0 Å². The number of likely N-dealkylation sites (tertiary alicyclic amines) is 1. The van der Waals surface area contributed by atoms with Crippen molar-refractivity contribution in [1.82, 2.24) is 9.88 Å². The van der Waals surface area contributed by atoms with Gasteiger partial charge in [0.25, 0.3) is 0 Å². The lowest BCUT2D eigenvalue weighted by Gasteiger charge is -2.35. The summed E-state index contributed by atoms with van der Waals surface area (Å²) in [5, 5.41) is 13.7. The second-order valence-corrected chi connectivity index (χ2v) is 6.91. The number of piperidine rings is 1. The Morgan fingerprint density at radius 2 is 2.08 bits per heavy atom. The van der Waals surface area contributed by atoms with Gasteiger partial charge in [0.2, 0.25) is 5.91 Å². The number of carbonyl (C=O) groups excluding carboxylic acids is 1. The van der Waals surface area contributed by atoms with Crippen LogP contribution in [-0.2, 0) is 11.2 Å². The third kappa shape index (κ3) is 3.83. The van der Waals surface area contributed by atoms with Gasteiger partial charge in [-0.25, -0.2) is 4.98 Å². The van der Waals surface area contributed by atoms with Crippen molar-refractivity contribution < 1.29 is 9.90 Å². The number of carbonyl (C=O) groups is 1. The van der Waals surface area contributed by atoms with Crippen molar-refractivity contribution >= 4 is 22.2 Å². The summed E-state index contributed by atoms with van der Waals surface area (Å²) in [6.45, 7) is 3.47. The first-order chi connectivity index (χ1) is 11.7. The number of nitrogens with zero attached hydrogens (tertiary/aromatic N) is 2. The summed E-state index contributed by atoms with van der Waals surface area (Å²) in [7, 11) is 0. The van der Waals surface area contributed by atoms with E-state index in [0.717, 1.165) is 35.8 Å². The van der Waals surface area contributed by atoms with E-state index in [2.05, 4.69) is 15.2 Å². The molecule has 1 aliphatic rings. The lowest BCUT2D eigenvalue weighted by atomic mass is 10.00. The van der Waals surface area contributed by atoms with E-state index in [0.29, 0.717) is 12.8 Å². The molecule has 5 nitrogen and oxygen atoms in total. The third-order valence-corrected chi connectivity index (χ3v) is 5.22. The van der Waals surface area contributed by atoms with Crippen LogP contribution >= 0.6 is 11.3 Å². The summed E-state index contributed by atoms with van der Waals surface area (Å²) in [6.07, 6.45) is 1.95. The first-order valence-electron chi connectivity index (χ1n) is 8.39. The molecule has 1 aromatic heterocycles. The summed E-state index contributed by atoms with van der Waals surface area (Å²) >= 11 is 1.46. The molecule has 2 heterocycles. The van der Waals surface area contributed by atoms with Gasteiger partial charge >= 0.3 is 0 Å². The lowest BCUT2D eigenvalue weighted by Crippen LogP contribution is -2.43. The second kappa shape index (κ2) is 7.88. The molecule has 1 amide bonds. The first-order valence-corrected chi connectivity index (χ1v) is 9.27. The van der Waals surface area contributed by atoms with Crippen LogP contribution in [-0.4, -0.2) is 40.1 Å². The molecule has 0 bridgehead atoms. The Morgan fingerprint density at radius 3 is 2.75 bits per heavy atom. The van der Waals surface area contributed by atoms with E-state index in [1.165, 1.54) is 11.3 Å². The number of anilines is 1. The van der Waals surface area contributed by atoms with Crippen LogP contribution in [0.5, 0.6) is 0 Å². The number of aliphatic hydroxyl groups is 1. The van der Waals surface area contributed by atoms with Gasteiger partial charge in [0.15, 0.2) is 0 Å². The zero-order chi connectivity index (χ0) is 16.9. The zero-order valence-corrected chi connectivity index (χ0v) is 14.6. The molecule has 0 saturated carbocycles. The monoisotopic (exact) mass is 345 g/mol. The Labute approximate surface area is 146 Å². The summed E-state index contributed by atoms with van der Waals surface area (Å²) in [5.41, 5.74) is 3.67. The molecule has 1 atom stereocenters. The summed E-state index contributed by atoms with van der Waals surface area (Å²) in [6, 6.07) is 9.50. The molecule has 24 heavy (non-hydrogen) atoms.